The van der Waals surface area contributed by atoms with Crippen molar-refractivity contribution in [1.82, 2.24) is 20.3 Å². The standard InChI is InChI=1S/C31H35N7O4S/c1-21-28(33-18-26(30(39)40)37-31(41)42-19-22-7-3-2-4-8-22)34-20-35-29(21)38-14-12-23(13-15-38)25-10-5-11-27(36-25)32-17-24-9-6-16-43-24/h2-11,16,20,23,26H,12-15,17-19H2,1H3,(H,32,36)(H,37,41)(H,39,40)(H,33,34,35). The number of hydrogen-bond donors (Lipinski definition) is 4. The lowest BCUT2D eigenvalue weighted by molar-refractivity contribution is -0.139. The van der Waals surface area contributed by atoms with Gasteiger partial charge in [-0.05, 0) is 48.9 Å². The molecule has 1 unspecified atom stereocenters. The van der Waals surface area contributed by atoms with Crippen molar-refractivity contribution in [3.63, 3.8) is 0 Å². The summed E-state index contributed by atoms with van der Waals surface area (Å²) in [5.41, 5.74) is 2.71. The number of ether oxygens (including phenoxy) is 1. The average molecular weight is 602 g/mol. The van der Waals surface area contributed by atoms with Crippen molar-refractivity contribution in [2.45, 2.75) is 44.9 Å². The molecule has 1 fully saturated rings. The summed E-state index contributed by atoms with van der Waals surface area (Å²) in [7, 11) is 0. The highest BCUT2D eigenvalue weighted by molar-refractivity contribution is 7.09. The van der Waals surface area contributed by atoms with Crippen LogP contribution in [0.3, 0.4) is 0 Å². The summed E-state index contributed by atoms with van der Waals surface area (Å²) in [6.07, 6.45) is 2.53. The number of benzene rings is 1. The second-order valence-electron chi connectivity index (χ2n) is 10.3. The van der Waals surface area contributed by atoms with Crippen molar-refractivity contribution in [3.05, 3.63) is 94.1 Å². The monoisotopic (exact) mass is 601 g/mol. The molecule has 0 aliphatic carbocycles. The summed E-state index contributed by atoms with van der Waals surface area (Å²) >= 11 is 1.72. The number of nitrogens with one attached hydrogen (secondary N) is 3. The van der Waals surface area contributed by atoms with Crippen molar-refractivity contribution in [2.75, 3.05) is 35.2 Å². The third-order valence-corrected chi connectivity index (χ3v) is 8.22. The van der Waals surface area contributed by atoms with Gasteiger partial charge in [-0.1, -0.05) is 42.5 Å². The molecule has 4 heterocycles. The fraction of sp³-hybridized carbons (Fsp3) is 0.323. The number of aliphatic carboxylic acids is 1. The van der Waals surface area contributed by atoms with Gasteiger partial charge in [0.25, 0.3) is 0 Å². The number of carboxylic acid groups (broad SMARTS) is 1. The van der Waals surface area contributed by atoms with Gasteiger partial charge in [0.15, 0.2) is 0 Å². The third-order valence-electron chi connectivity index (χ3n) is 7.34. The van der Waals surface area contributed by atoms with E-state index in [9.17, 15) is 14.7 Å². The van der Waals surface area contributed by atoms with Crippen LogP contribution >= 0.6 is 11.3 Å². The molecule has 0 radical (unpaired) electrons. The molecule has 1 saturated heterocycles. The molecule has 4 aromatic rings. The maximum absolute atomic E-state index is 12.2. The van der Waals surface area contributed by atoms with Crippen molar-refractivity contribution in [1.29, 1.82) is 0 Å². The van der Waals surface area contributed by atoms with E-state index in [1.165, 1.54) is 11.2 Å². The average Bonchev–Trinajstić information content (AvgIpc) is 3.56. The molecule has 1 amide bonds. The van der Waals surface area contributed by atoms with E-state index < -0.39 is 18.1 Å². The first-order chi connectivity index (χ1) is 21.0. The highest BCUT2D eigenvalue weighted by Crippen LogP contribution is 2.31. The van der Waals surface area contributed by atoms with Crippen LogP contribution in [0.4, 0.5) is 22.2 Å². The molecule has 0 spiro atoms. The number of aromatic nitrogens is 3. The zero-order valence-electron chi connectivity index (χ0n) is 23.9. The molecule has 1 aliphatic rings. The Hall–Kier alpha value is -4.71. The number of carbonyl (C=O) groups is 2. The lowest BCUT2D eigenvalue weighted by atomic mass is 9.93. The van der Waals surface area contributed by atoms with Gasteiger partial charge >= 0.3 is 12.1 Å². The summed E-state index contributed by atoms with van der Waals surface area (Å²) < 4.78 is 5.18. The van der Waals surface area contributed by atoms with Crippen LogP contribution in [0.5, 0.6) is 0 Å². The van der Waals surface area contributed by atoms with Crippen LogP contribution in [0, 0.1) is 6.92 Å². The smallest absolute Gasteiger partial charge is 0.408 e. The number of pyridine rings is 1. The predicted octanol–water partition coefficient (Wildman–Crippen LogP) is 5.03. The van der Waals surface area contributed by atoms with Crippen LogP contribution in [0.15, 0.2) is 72.4 Å². The Morgan fingerprint density at radius 1 is 1.05 bits per heavy atom. The lowest BCUT2D eigenvalue weighted by Gasteiger charge is -2.33. The molecule has 12 heteroatoms. The number of thiophene rings is 1. The molecule has 1 aliphatic heterocycles. The first kappa shape index (κ1) is 29.8. The largest absolute Gasteiger partial charge is 0.480 e. The molecular formula is C31H35N7O4S. The van der Waals surface area contributed by atoms with Gasteiger partial charge in [-0.25, -0.2) is 24.5 Å². The van der Waals surface area contributed by atoms with Gasteiger partial charge in [-0.2, -0.15) is 0 Å². The molecule has 1 atom stereocenters. The third kappa shape index (κ3) is 8.19. The fourth-order valence-electron chi connectivity index (χ4n) is 5.00. The van der Waals surface area contributed by atoms with Crippen molar-refractivity contribution >= 4 is 40.9 Å². The number of piperidine rings is 1. The fourth-order valence-corrected chi connectivity index (χ4v) is 5.64. The van der Waals surface area contributed by atoms with Crippen LogP contribution in [0.25, 0.3) is 0 Å². The minimum absolute atomic E-state index is 0.0471. The molecule has 11 nitrogen and oxygen atoms in total. The summed E-state index contributed by atoms with van der Waals surface area (Å²) in [5.74, 6) is 1.37. The molecule has 5 rings (SSSR count). The van der Waals surface area contributed by atoms with Crippen LogP contribution in [0.1, 0.15) is 40.5 Å². The SMILES string of the molecule is Cc1c(NCC(NC(=O)OCc2ccccc2)C(=O)O)ncnc1N1CCC(c2cccc(NCc3cccs3)n2)CC1. The van der Waals surface area contributed by atoms with E-state index in [-0.39, 0.29) is 13.2 Å². The molecule has 224 valence electrons. The van der Waals surface area contributed by atoms with Gasteiger partial charge in [-0.15, -0.1) is 11.3 Å². The maximum Gasteiger partial charge on any atom is 0.408 e. The Kier molecular flexibility index (Phi) is 10.0. The van der Waals surface area contributed by atoms with Crippen molar-refractivity contribution in [2.24, 2.45) is 0 Å². The first-order valence-electron chi connectivity index (χ1n) is 14.2. The van der Waals surface area contributed by atoms with Gasteiger partial charge in [0, 0.05) is 41.7 Å². The second kappa shape index (κ2) is 14.5. The van der Waals surface area contributed by atoms with E-state index in [1.807, 2.05) is 43.3 Å². The normalized spacial score (nSPS) is 14.1. The van der Waals surface area contributed by atoms with Crippen LogP contribution in [-0.2, 0) is 22.7 Å². The van der Waals surface area contributed by atoms with Gasteiger partial charge in [0.05, 0.1) is 6.54 Å². The molecule has 0 saturated carbocycles. The number of rotatable bonds is 12. The lowest BCUT2D eigenvalue weighted by Crippen LogP contribution is -2.45. The van der Waals surface area contributed by atoms with Gasteiger partial charge in [-0.3, -0.25) is 0 Å². The quantitative estimate of drug-likeness (QED) is 0.175. The Morgan fingerprint density at radius 2 is 1.86 bits per heavy atom. The highest BCUT2D eigenvalue weighted by Gasteiger charge is 2.25. The minimum Gasteiger partial charge on any atom is -0.480 e. The van der Waals surface area contributed by atoms with Gasteiger partial charge in [0.1, 0.15) is 36.4 Å². The highest BCUT2D eigenvalue weighted by atomic mass is 32.1. The van der Waals surface area contributed by atoms with Crippen LogP contribution in [-0.4, -0.2) is 57.8 Å². The Bertz CT molecular complexity index is 1500. The topological polar surface area (TPSA) is 142 Å². The molecule has 1 aromatic carbocycles. The Morgan fingerprint density at radius 3 is 2.60 bits per heavy atom. The summed E-state index contributed by atoms with van der Waals surface area (Å²) in [6.45, 7) is 4.26. The summed E-state index contributed by atoms with van der Waals surface area (Å²) in [5, 5.41) is 20.6. The van der Waals surface area contributed by atoms with Crippen molar-refractivity contribution in [3.8, 4) is 0 Å². The number of nitrogens with zero attached hydrogens (tertiary/aromatic N) is 4. The maximum atomic E-state index is 12.2. The number of amides is 1. The molecule has 4 N–H and O–H groups in total. The Labute approximate surface area is 254 Å². The van der Waals surface area contributed by atoms with Crippen molar-refractivity contribution < 1.29 is 19.4 Å². The predicted molar refractivity (Wildman–Crippen MR) is 167 cm³/mol. The number of alkyl carbamates (subject to hydrolysis) is 1. The zero-order valence-corrected chi connectivity index (χ0v) is 24.7. The number of anilines is 3. The molecule has 43 heavy (non-hydrogen) atoms. The zero-order chi connectivity index (χ0) is 30.0. The Balaban J connectivity index is 1.13. The summed E-state index contributed by atoms with van der Waals surface area (Å²) in [6, 6.07) is 18.3. The minimum atomic E-state index is -1.21. The molecule has 0 bridgehead atoms. The number of carbonyl (C=O) groups excluding carboxylic acids is 1. The number of carboxylic acids is 1. The summed E-state index contributed by atoms with van der Waals surface area (Å²) in [4.78, 5) is 41.3. The van der Waals surface area contributed by atoms with E-state index in [0.29, 0.717) is 11.7 Å². The van der Waals surface area contributed by atoms with Crippen LogP contribution < -0.4 is 20.9 Å². The molecular weight excluding hydrogens is 566 g/mol. The van der Waals surface area contributed by atoms with E-state index in [0.717, 1.165) is 60.9 Å². The first-order valence-corrected chi connectivity index (χ1v) is 15.1. The molecule has 3 aromatic heterocycles. The van der Waals surface area contributed by atoms with Gasteiger partial charge < -0.3 is 30.7 Å². The van der Waals surface area contributed by atoms with E-state index in [4.69, 9.17) is 9.72 Å². The van der Waals surface area contributed by atoms with E-state index >= 15 is 0 Å². The second-order valence-corrected chi connectivity index (χ2v) is 11.3. The van der Waals surface area contributed by atoms with E-state index in [1.54, 1.807) is 11.3 Å². The van der Waals surface area contributed by atoms with Gasteiger partial charge in [0.2, 0.25) is 0 Å². The van der Waals surface area contributed by atoms with Crippen LogP contribution in [0.2, 0.25) is 0 Å². The number of hydrogen-bond acceptors (Lipinski definition) is 10. The van der Waals surface area contributed by atoms with E-state index in [2.05, 4.69) is 60.5 Å².